The van der Waals surface area contributed by atoms with Crippen LogP contribution in [0.4, 0.5) is 17.6 Å². The standard InChI is InChI=1S/C8H4F4O/c9-4-1-2-6(10)5(3-4)7(13)8(11)12/h1-3,8H. The number of alkyl halides is 2. The zero-order valence-electron chi connectivity index (χ0n) is 6.23. The van der Waals surface area contributed by atoms with Crippen LogP contribution in [0.1, 0.15) is 10.4 Å². The van der Waals surface area contributed by atoms with Crippen LogP contribution in [0, 0.1) is 11.6 Å². The molecule has 0 spiro atoms. The summed E-state index contributed by atoms with van der Waals surface area (Å²) in [5.41, 5.74) is -0.921. The van der Waals surface area contributed by atoms with Gasteiger partial charge in [-0.3, -0.25) is 4.79 Å². The fourth-order valence-electron chi connectivity index (χ4n) is 0.804. The van der Waals surface area contributed by atoms with Crippen molar-refractivity contribution in [1.82, 2.24) is 0 Å². The summed E-state index contributed by atoms with van der Waals surface area (Å²) < 4.78 is 48.6. The molecule has 5 heteroatoms. The summed E-state index contributed by atoms with van der Waals surface area (Å²) in [7, 11) is 0. The fraction of sp³-hybridized carbons (Fsp3) is 0.125. The zero-order valence-corrected chi connectivity index (χ0v) is 6.23. The fourth-order valence-corrected chi connectivity index (χ4v) is 0.804. The minimum absolute atomic E-state index is 0.448. The maximum absolute atomic E-state index is 12.7. The van der Waals surface area contributed by atoms with Crippen LogP contribution in [0.5, 0.6) is 0 Å². The molecule has 13 heavy (non-hydrogen) atoms. The van der Waals surface area contributed by atoms with Gasteiger partial charge in [0.25, 0.3) is 0 Å². The van der Waals surface area contributed by atoms with E-state index >= 15 is 0 Å². The number of carbonyl (C=O) groups is 1. The molecule has 0 N–H and O–H groups in total. The van der Waals surface area contributed by atoms with Gasteiger partial charge in [-0.05, 0) is 18.2 Å². The molecule has 0 aliphatic heterocycles. The number of Topliss-reactive ketones (excluding diaryl/α,β-unsaturated/α-hetero) is 1. The largest absolute Gasteiger partial charge is 0.300 e. The minimum Gasteiger partial charge on any atom is -0.288 e. The van der Waals surface area contributed by atoms with E-state index in [-0.39, 0.29) is 0 Å². The van der Waals surface area contributed by atoms with Gasteiger partial charge in [0.2, 0.25) is 5.78 Å². The Morgan fingerprint density at radius 2 is 1.85 bits per heavy atom. The third-order valence-electron chi connectivity index (χ3n) is 1.39. The van der Waals surface area contributed by atoms with Crippen LogP contribution >= 0.6 is 0 Å². The van der Waals surface area contributed by atoms with Crippen molar-refractivity contribution in [3.63, 3.8) is 0 Å². The third kappa shape index (κ3) is 2.05. The first-order valence-electron chi connectivity index (χ1n) is 3.30. The van der Waals surface area contributed by atoms with Crippen molar-refractivity contribution in [3.8, 4) is 0 Å². The normalized spacial score (nSPS) is 10.5. The van der Waals surface area contributed by atoms with Crippen LogP contribution in [0.25, 0.3) is 0 Å². The molecule has 0 amide bonds. The lowest BCUT2D eigenvalue weighted by Gasteiger charge is -2.00. The molecule has 0 aliphatic carbocycles. The summed E-state index contributed by atoms with van der Waals surface area (Å²) in [5, 5.41) is 0. The van der Waals surface area contributed by atoms with Crippen molar-refractivity contribution in [2.24, 2.45) is 0 Å². The molecule has 1 rings (SSSR count). The number of hydrogen-bond acceptors (Lipinski definition) is 1. The van der Waals surface area contributed by atoms with Crippen LogP contribution in [-0.2, 0) is 0 Å². The molecule has 0 atom stereocenters. The molecular formula is C8H4F4O. The molecular weight excluding hydrogens is 188 g/mol. The van der Waals surface area contributed by atoms with Crippen LogP contribution in [0.3, 0.4) is 0 Å². The Kier molecular flexibility index (Phi) is 2.65. The van der Waals surface area contributed by atoms with E-state index in [4.69, 9.17) is 0 Å². The van der Waals surface area contributed by atoms with Gasteiger partial charge in [-0.15, -0.1) is 0 Å². The second-order valence-corrected chi connectivity index (χ2v) is 2.29. The summed E-state index contributed by atoms with van der Waals surface area (Å²) in [6.45, 7) is 0. The van der Waals surface area contributed by atoms with Gasteiger partial charge in [0.05, 0.1) is 5.56 Å². The Labute approximate surface area is 71.0 Å². The van der Waals surface area contributed by atoms with E-state index in [1.165, 1.54) is 0 Å². The first-order valence-corrected chi connectivity index (χ1v) is 3.30. The first-order chi connectivity index (χ1) is 6.02. The van der Waals surface area contributed by atoms with Crippen molar-refractivity contribution in [3.05, 3.63) is 35.4 Å². The lowest BCUT2D eigenvalue weighted by molar-refractivity contribution is 0.0673. The van der Waals surface area contributed by atoms with Crippen molar-refractivity contribution in [2.75, 3.05) is 0 Å². The van der Waals surface area contributed by atoms with E-state index in [0.29, 0.717) is 12.1 Å². The number of rotatable bonds is 2. The van der Waals surface area contributed by atoms with Crippen LogP contribution in [-0.4, -0.2) is 12.2 Å². The van der Waals surface area contributed by atoms with E-state index in [1.807, 2.05) is 0 Å². The maximum Gasteiger partial charge on any atom is 0.300 e. The van der Waals surface area contributed by atoms with Crippen molar-refractivity contribution in [2.45, 2.75) is 6.43 Å². The second kappa shape index (κ2) is 3.55. The highest BCUT2D eigenvalue weighted by Gasteiger charge is 2.21. The Bertz CT molecular complexity index is 335. The average molecular weight is 192 g/mol. The molecule has 0 unspecified atom stereocenters. The predicted molar refractivity (Wildman–Crippen MR) is 36.7 cm³/mol. The molecule has 0 bridgehead atoms. The van der Waals surface area contributed by atoms with E-state index < -0.39 is 29.4 Å². The molecule has 1 aromatic rings. The molecule has 1 aromatic carbocycles. The van der Waals surface area contributed by atoms with E-state index in [1.54, 1.807) is 0 Å². The zero-order chi connectivity index (χ0) is 10.0. The number of hydrogen-bond donors (Lipinski definition) is 0. The SMILES string of the molecule is O=C(c1cc(F)ccc1F)C(F)F. The van der Waals surface area contributed by atoms with Crippen molar-refractivity contribution in [1.29, 1.82) is 0 Å². The average Bonchev–Trinajstić information content (AvgIpc) is 2.08. The summed E-state index contributed by atoms with van der Waals surface area (Å²) in [4.78, 5) is 10.6. The smallest absolute Gasteiger partial charge is 0.288 e. The topological polar surface area (TPSA) is 17.1 Å². The molecule has 0 aliphatic rings. The number of ketones is 1. The number of benzene rings is 1. The molecule has 0 heterocycles. The van der Waals surface area contributed by atoms with Crippen molar-refractivity contribution < 1.29 is 22.4 Å². The van der Waals surface area contributed by atoms with Gasteiger partial charge in [-0.2, -0.15) is 0 Å². The summed E-state index contributed by atoms with van der Waals surface area (Å²) >= 11 is 0. The second-order valence-electron chi connectivity index (χ2n) is 2.29. The van der Waals surface area contributed by atoms with E-state index in [0.717, 1.165) is 6.07 Å². The van der Waals surface area contributed by atoms with Gasteiger partial charge in [-0.1, -0.05) is 0 Å². The summed E-state index contributed by atoms with van der Waals surface area (Å²) in [6.07, 6.45) is -3.32. The molecule has 0 saturated carbocycles. The van der Waals surface area contributed by atoms with Gasteiger partial charge in [0.1, 0.15) is 11.6 Å². The predicted octanol–water partition coefficient (Wildman–Crippen LogP) is 2.41. The van der Waals surface area contributed by atoms with Gasteiger partial charge >= 0.3 is 6.43 Å². The lowest BCUT2D eigenvalue weighted by Crippen LogP contribution is -2.12. The Morgan fingerprint density at radius 3 is 2.38 bits per heavy atom. The Balaban J connectivity index is 3.13. The Hall–Kier alpha value is -1.39. The highest BCUT2D eigenvalue weighted by molar-refractivity contribution is 5.98. The summed E-state index contributed by atoms with van der Waals surface area (Å²) in [5.74, 6) is -3.78. The van der Waals surface area contributed by atoms with Crippen LogP contribution < -0.4 is 0 Å². The van der Waals surface area contributed by atoms with Gasteiger partial charge in [-0.25, -0.2) is 17.6 Å². The monoisotopic (exact) mass is 192 g/mol. The van der Waals surface area contributed by atoms with E-state index in [9.17, 15) is 22.4 Å². The number of carbonyl (C=O) groups excluding carboxylic acids is 1. The maximum atomic E-state index is 12.7. The summed E-state index contributed by atoms with van der Waals surface area (Å²) in [6, 6.07) is 1.83. The first kappa shape index (κ1) is 9.70. The van der Waals surface area contributed by atoms with Crippen molar-refractivity contribution >= 4 is 5.78 Å². The minimum atomic E-state index is -3.32. The highest BCUT2D eigenvalue weighted by Crippen LogP contribution is 2.13. The molecule has 0 saturated heterocycles. The molecule has 1 nitrogen and oxygen atoms in total. The molecule has 70 valence electrons. The highest BCUT2D eigenvalue weighted by atomic mass is 19.3. The molecule has 0 fully saturated rings. The third-order valence-corrected chi connectivity index (χ3v) is 1.39. The molecule has 0 aromatic heterocycles. The Morgan fingerprint density at radius 1 is 1.23 bits per heavy atom. The lowest BCUT2D eigenvalue weighted by atomic mass is 10.1. The van der Waals surface area contributed by atoms with Crippen LogP contribution in [0.15, 0.2) is 18.2 Å². The van der Waals surface area contributed by atoms with E-state index in [2.05, 4.69) is 0 Å². The van der Waals surface area contributed by atoms with Crippen LogP contribution in [0.2, 0.25) is 0 Å². The quantitative estimate of drug-likeness (QED) is 0.519. The van der Waals surface area contributed by atoms with Gasteiger partial charge in [0, 0.05) is 0 Å². The van der Waals surface area contributed by atoms with Gasteiger partial charge in [0.15, 0.2) is 0 Å². The number of halogens is 4. The van der Waals surface area contributed by atoms with Gasteiger partial charge < -0.3 is 0 Å². The molecule has 0 radical (unpaired) electrons.